The van der Waals surface area contributed by atoms with Crippen molar-refractivity contribution in [2.45, 2.75) is 0 Å². The van der Waals surface area contributed by atoms with Crippen LogP contribution in [-0.4, -0.2) is 3.21 Å². The van der Waals surface area contributed by atoms with Crippen molar-refractivity contribution in [1.29, 1.82) is 0 Å². The SMILES string of the molecule is Cl.Cl.[Zr+2]=[C](c1ccccc1)c1ccccc1.c1cc[cH-]c1.c1ccc2c(c1)[cH-]c1ccccc12. The van der Waals surface area contributed by atoms with Crippen LogP contribution in [0.5, 0.6) is 0 Å². The Morgan fingerprint density at radius 3 is 1.24 bits per heavy atom. The summed E-state index contributed by atoms with van der Waals surface area (Å²) in [5, 5.41) is 5.39. The molecule has 0 spiro atoms. The Balaban J connectivity index is 0.000000191. The zero-order chi connectivity index (χ0) is 22.0. The van der Waals surface area contributed by atoms with Crippen molar-refractivity contribution in [3.63, 3.8) is 0 Å². The molecule has 0 fully saturated rings. The molecule has 34 heavy (non-hydrogen) atoms. The first kappa shape index (κ1) is 27.7. The number of hydrogen-bond acceptors (Lipinski definition) is 0. The van der Waals surface area contributed by atoms with Crippen LogP contribution in [0.3, 0.4) is 0 Å². The molecule has 0 bridgehead atoms. The van der Waals surface area contributed by atoms with Gasteiger partial charge in [-0.15, -0.1) is 64.6 Å². The summed E-state index contributed by atoms with van der Waals surface area (Å²) >= 11 is 1.46. The van der Waals surface area contributed by atoms with Gasteiger partial charge in [-0.3, -0.25) is 0 Å². The van der Waals surface area contributed by atoms with Crippen LogP contribution in [0.2, 0.25) is 0 Å². The molecule has 0 atom stereocenters. The fraction of sp³-hybridized carbons (Fsp3) is 0. The molecule has 6 rings (SSSR count). The molecular formula is C31H26Cl2Zr. The first-order valence-electron chi connectivity index (χ1n) is 10.7. The predicted molar refractivity (Wildman–Crippen MR) is 150 cm³/mol. The van der Waals surface area contributed by atoms with E-state index >= 15 is 0 Å². The van der Waals surface area contributed by atoms with Crippen LogP contribution in [0.4, 0.5) is 0 Å². The van der Waals surface area contributed by atoms with Crippen molar-refractivity contribution in [2.24, 2.45) is 0 Å². The predicted octanol–water partition coefficient (Wildman–Crippen LogP) is 8.76. The molecule has 0 N–H and O–H groups in total. The average Bonchev–Trinajstić information content (AvgIpc) is 3.57. The van der Waals surface area contributed by atoms with Gasteiger partial charge in [0.2, 0.25) is 0 Å². The summed E-state index contributed by atoms with van der Waals surface area (Å²) in [6, 6.07) is 50.4. The van der Waals surface area contributed by atoms with Crippen LogP contribution in [0, 0.1) is 0 Å². The standard InChI is InChI=1S/C13H9.C13H10.C5H5.2ClH.Zr/c1-3-7-12-10(5-1)9-11-6-2-4-8-13(11)12;1-3-7-12(8-4-1)11-13-9-5-2-6-10-13;1-2-4-5-3-1;;;/h1-9H;1-10H;1-5H;2*1H;/q-1;;-1;;;+2. The van der Waals surface area contributed by atoms with E-state index in [0.717, 1.165) is 0 Å². The van der Waals surface area contributed by atoms with Gasteiger partial charge in [-0.25, -0.2) is 12.1 Å². The molecule has 0 nitrogen and oxygen atoms in total. The van der Waals surface area contributed by atoms with Crippen molar-refractivity contribution < 1.29 is 24.2 Å². The molecule has 0 radical (unpaired) electrons. The molecule has 0 amide bonds. The summed E-state index contributed by atoms with van der Waals surface area (Å²) in [5.41, 5.74) is 2.66. The third-order valence-electron chi connectivity index (χ3n) is 5.20. The van der Waals surface area contributed by atoms with E-state index in [1.54, 1.807) is 0 Å². The Morgan fingerprint density at radius 2 is 0.853 bits per heavy atom. The Morgan fingerprint density at radius 1 is 0.471 bits per heavy atom. The largest absolute Gasteiger partial charge is 0.214 e. The number of hydrogen-bond donors (Lipinski definition) is 0. The van der Waals surface area contributed by atoms with Crippen molar-refractivity contribution >= 4 is 49.6 Å². The number of rotatable bonds is 2. The van der Waals surface area contributed by atoms with Gasteiger partial charge in [0, 0.05) is 0 Å². The maximum absolute atomic E-state index is 2.24. The van der Waals surface area contributed by atoms with Crippen LogP contribution in [0.1, 0.15) is 11.1 Å². The molecular weight excluding hydrogens is 534 g/mol. The summed E-state index contributed by atoms with van der Waals surface area (Å²) in [7, 11) is 0. The second kappa shape index (κ2) is 14.6. The molecule has 0 saturated carbocycles. The van der Waals surface area contributed by atoms with Gasteiger partial charge in [-0.1, -0.05) is 36.4 Å². The van der Waals surface area contributed by atoms with Crippen molar-refractivity contribution in [3.8, 4) is 0 Å². The second-order valence-corrected chi connectivity index (χ2v) is 8.62. The first-order chi connectivity index (χ1) is 15.8. The van der Waals surface area contributed by atoms with E-state index in [2.05, 4.69) is 115 Å². The molecule has 0 aliphatic carbocycles. The summed E-state index contributed by atoms with van der Waals surface area (Å²) in [6.45, 7) is 0. The van der Waals surface area contributed by atoms with E-state index in [9.17, 15) is 0 Å². The minimum Gasteiger partial charge on any atom is -0.214 e. The molecule has 0 saturated heterocycles. The molecule has 6 aromatic carbocycles. The Hall–Kier alpha value is -2.57. The summed E-state index contributed by atoms with van der Waals surface area (Å²) in [6.07, 6.45) is 0. The average molecular weight is 561 g/mol. The molecule has 0 aromatic heterocycles. The van der Waals surface area contributed by atoms with Gasteiger partial charge in [-0.05, 0) is 0 Å². The van der Waals surface area contributed by atoms with Crippen molar-refractivity contribution in [2.75, 3.05) is 0 Å². The van der Waals surface area contributed by atoms with E-state index in [1.807, 2.05) is 30.3 Å². The van der Waals surface area contributed by atoms with E-state index in [1.165, 1.54) is 60.1 Å². The Labute approximate surface area is 229 Å². The normalized spacial score (nSPS) is 9.47. The number of benzene rings is 4. The second-order valence-electron chi connectivity index (χ2n) is 7.39. The van der Waals surface area contributed by atoms with Gasteiger partial charge in [0.1, 0.15) is 0 Å². The minimum atomic E-state index is 0. The van der Waals surface area contributed by atoms with E-state index in [0.29, 0.717) is 0 Å². The number of fused-ring (bicyclic) bond motifs is 3. The fourth-order valence-electron chi connectivity index (χ4n) is 3.60. The van der Waals surface area contributed by atoms with Crippen molar-refractivity contribution in [3.05, 3.63) is 157 Å². The van der Waals surface area contributed by atoms with Gasteiger partial charge < -0.3 is 0 Å². The Kier molecular flexibility index (Phi) is 11.9. The van der Waals surface area contributed by atoms with Gasteiger partial charge in [-0.2, -0.15) is 18.2 Å². The maximum atomic E-state index is 2.24. The van der Waals surface area contributed by atoms with E-state index in [-0.39, 0.29) is 24.8 Å². The van der Waals surface area contributed by atoms with E-state index < -0.39 is 0 Å². The molecule has 0 aliphatic rings. The number of halogens is 2. The quantitative estimate of drug-likeness (QED) is 0.186. The van der Waals surface area contributed by atoms with E-state index in [4.69, 9.17) is 0 Å². The van der Waals surface area contributed by atoms with Crippen LogP contribution in [0.15, 0.2) is 146 Å². The zero-order valence-electron chi connectivity index (χ0n) is 18.7. The van der Waals surface area contributed by atoms with Crippen molar-refractivity contribution in [1.82, 2.24) is 0 Å². The topological polar surface area (TPSA) is 0 Å². The van der Waals surface area contributed by atoms with Crippen LogP contribution in [0.25, 0.3) is 21.5 Å². The molecule has 0 heterocycles. The summed E-state index contributed by atoms with van der Waals surface area (Å²) in [4.78, 5) is 0. The summed E-state index contributed by atoms with van der Waals surface area (Å²) in [5.74, 6) is 0. The molecule has 3 heteroatoms. The van der Waals surface area contributed by atoms with Gasteiger partial charge in [0.25, 0.3) is 0 Å². The summed E-state index contributed by atoms with van der Waals surface area (Å²) < 4.78 is 1.42. The first-order valence-corrected chi connectivity index (χ1v) is 11.9. The molecule has 168 valence electrons. The zero-order valence-corrected chi connectivity index (χ0v) is 22.8. The van der Waals surface area contributed by atoms with Crippen LogP contribution < -0.4 is 0 Å². The maximum Gasteiger partial charge on any atom is -0.0771 e. The molecule has 6 aromatic rings. The van der Waals surface area contributed by atoms with Gasteiger partial charge in [0.15, 0.2) is 0 Å². The fourth-order valence-corrected chi connectivity index (χ4v) is 4.42. The third-order valence-corrected chi connectivity index (χ3v) is 6.62. The smallest absolute Gasteiger partial charge is 0.0771 e. The third kappa shape index (κ3) is 7.47. The monoisotopic (exact) mass is 558 g/mol. The molecule has 0 unspecified atom stereocenters. The minimum absolute atomic E-state index is 0. The molecule has 0 aliphatic heterocycles. The van der Waals surface area contributed by atoms with Crippen LogP contribution >= 0.6 is 24.8 Å². The van der Waals surface area contributed by atoms with Gasteiger partial charge >= 0.3 is 99.2 Å². The van der Waals surface area contributed by atoms with Gasteiger partial charge in [0.05, 0.1) is 0 Å². The Bertz CT molecular complexity index is 1260. The van der Waals surface area contributed by atoms with Crippen LogP contribution in [-0.2, 0) is 24.2 Å².